The van der Waals surface area contributed by atoms with Crippen molar-refractivity contribution >= 4 is 5.91 Å². The van der Waals surface area contributed by atoms with Crippen LogP contribution in [0.3, 0.4) is 0 Å². The zero-order valence-electron chi connectivity index (χ0n) is 10.6. The standard InChI is InChI=1S/C13H18F2N2O/c1-9(2)6-17-13(18)8-16-7-10-3-4-11(14)12(15)5-10/h3-5,9,16H,6-8H2,1-2H3,(H,17,18). The third kappa shape index (κ3) is 5.23. The first-order chi connectivity index (χ1) is 8.49. The lowest BCUT2D eigenvalue weighted by atomic mass is 10.2. The number of halogens is 2. The van der Waals surface area contributed by atoms with Crippen molar-refractivity contribution < 1.29 is 13.6 Å². The molecule has 0 aromatic heterocycles. The van der Waals surface area contributed by atoms with Gasteiger partial charge in [0.05, 0.1) is 6.54 Å². The highest BCUT2D eigenvalue weighted by Gasteiger charge is 2.04. The van der Waals surface area contributed by atoms with E-state index in [0.717, 1.165) is 12.1 Å². The molecule has 2 N–H and O–H groups in total. The first-order valence-electron chi connectivity index (χ1n) is 5.90. The van der Waals surface area contributed by atoms with Gasteiger partial charge < -0.3 is 10.6 Å². The summed E-state index contributed by atoms with van der Waals surface area (Å²) in [4.78, 5) is 11.4. The zero-order valence-corrected chi connectivity index (χ0v) is 10.6. The highest BCUT2D eigenvalue weighted by atomic mass is 19.2. The van der Waals surface area contributed by atoms with Crippen molar-refractivity contribution in [2.75, 3.05) is 13.1 Å². The summed E-state index contributed by atoms with van der Waals surface area (Å²) >= 11 is 0. The minimum Gasteiger partial charge on any atom is -0.355 e. The summed E-state index contributed by atoms with van der Waals surface area (Å²) < 4.78 is 25.6. The van der Waals surface area contributed by atoms with Crippen molar-refractivity contribution in [2.45, 2.75) is 20.4 Å². The molecule has 0 spiro atoms. The number of benzene rings is 1. The van der Waals surface area contributed by atoms with Crippen LogP contribution in [0.5, 0.6) is 0 Å². The van der Waals surface area contributed by atoms with E-state index in [2.05, 4.69) is 10.6 Å². The molecule has 1 aromatic rings. The summed E-state index contributed by atoms with van der Waals surface area (Å²) in [5.74, 6) is -1.45. The van der Waals surface area contributed by atoms with Gasteiger partial charge in [0, 0.05) is 13.1 Å². The Morgan fingerprint density at radius 1 is 1.28 bits per heavy atom. The van der Waals surface area contributed by atoms with Crippen LogP contribution < -0.4 is 10.6 Å². The SMILES string of the molecule is CC(C)CNC(=O)CNCc1ccc(F)c(F)c1. The van der Waals surface area contributed by atoms with Crippen molar-refractivity contribution in [1.29, 1.82) is 0 Å². The van der Waals surface area contributed by atoms with Gasteiger partial charge in [-0.05, 0) is 23.6 Å². The smallest absolute Gasteiger partial charge is 0.233 e. The fraction of sp³-hybridized carbons (Fsp3) is 0.462. The van der Waals surface area contributed by atoms with Gasteiger partial charge in [-0.15, -0.1) is 0 Å². The van der Waals surface area contributed by atoms with E-state index in [1.54, 1.807) is 0 Å². The van der Waals surface area contributed by atoms with Gasteiger partial charge >= 0.3 is 0 Å². The average molecular weight is 256 g/mol. The third-order valence-corrected chi connectivity index (χ3v) is 2.31. The Hall–Kier alpha value is -1.49. The van der Waals surface area contributed by atoms with Crippen LogP contribution in [0.1, 0.15) is 19.4 Å². The van der Waals surface area contributed by atoms with Gasteiger partial charge in [-0.1, -0.05) is 19.9 Å². The molecule has 1 amide bonds. The fourth-order valence-corrected chi connectivity index (χ4v) is 1.35. The van der Waals surface area contributed by atoms with Crippen LogP contribution in [0.2, 0.25) is 0 Å². The van der Waals surface area contributed by atoms with E-state index < -0.39 is 11.6 Å². The van der Waals surface area contributed by atoms with Gasteiger partial charge in [-0.25, -0.2) is 8.78 Å². The summed E-state index contributed by atoms with van der Waals surface area (Å²) in [5.41, 5.74) is 0.602. The summed E-state index contributed by atoms with van der Waals surface area (Å²) in [6, 6.07) is 3.68. The molecule has 0 aliphatic rings. The minimum absolute atomic E-state index is 0.105. The normalized spacial score (nSPS) is 10.7. The average Bonchev–Trinajstić information content (AvgIpc) is 2.31. The van der Waals surface area contributed by atoms with Crippen LogP contribution in [0.15, 0.2) is 18.2 Å². The summed E-state index contributed by atoms with van der Waals surface area (Å²) in [6.45, 7) is 5.13. The quantitative estimate of drug-likeness (QED) is 0.815. The predicted octanol–water partition coefficient (Wildman–Crippen LogP) is 1.83. The second kappa shape index (κ2) is 7.06. The molecule has 18 heavy (non-hydrogen) atoms. The Morgan fingerprint density at radius 2 is 2.00 bits per heavy atom. The number of hydrogen-bond acceptors (Lipinski definition) is 2. The van der Waals surface area contributed by atoms with Gasteiger partial charge in [0.15, 0.2) is 11.6 Å². The molecule has 0 aliphatic heterocycles. The zero-order chi connectivity index (χ0) is 13.5. The van der Waals surface area contributed by atoms with Crippen LogP contribution in [0.4, 0.5) is 8.78 Å². The van der Waals surface area contributed by atoms with Crippen molar-refractivity contribution in [1.82, 2.24) is 10.6 Å². The van der Waals surface area contributed by atoms with E-state index in [9.17, 15) is 13.6 Å². The molecule has 1 aromatic carbocycles. The van der Waals surface area contributed by atoms with Crippen LogP contribution in [-0.2, 0) is 11.3 Å². The molecule has 3 nitrogen and oxygen atoms in total. The van der Waals surface area contributed by atoms with Crippen LogP contribution in [0, 0.1) is 17.6 Å². The maximum atomic E-state index is 12.9. The molecule has 0 bridgehead atoms. The third-order valence-electron chi connectivity index (χ3n) is 2.31. The molecular weight excluding hydrogens is 238 g/mol. The highest BCUT2D eigenvalue weighted by Crippen LogP contribution is 2.08. The Labute approximate surface area is 106 Å². The van der Waals surface area contributed by atoms with Crippen molar-refractivity contribution in [3.8, 4) is 0 Å². The van der Waals surface area contributed by atoms with Gasteiger partial charge in [0.2, 0.25) is 5.91 Å². The summed E-state index contributed by atoms with van der Waals surface area (Å²) in [6.07, 6.45) is 0. The highest BCUT2D eigenvalue weighted by molar-refractivity contribution is 5.77. The summed E-state index contributed by atoms with van der Waals surface area (Å²) in [5, 5.41) is 5.62. The number of carbonyl (C=O) groups excluding carboxylic acids is 1. The van der Waals surface area contributed by atoms with Gasteiger partial charge in [0.25, 0.3) is 0 Å². The lowest BCUT2D eigenvalue weighted by Crippen LogP contribution is -2.35. The van der Waals surface area contributed by atoms with Crippen molar-refractivity contribution in [2.24, 2.45) is 5.92 Å². The minimum atomic E-state index is -0.876. The van der Waals surface area contributed by atoms with Gasteiger partial charge in [-0.2, -0.15) is 0 Å². The maximum absolute atomic E-state index is 12.9. The summed E-state index contributed by atoms with van der Waals surface area (Å²) in [7, 11) is 0. The first-order valence-corrected chi connectivity index (χ1v) is 5.90. The van der Waals surface area contributed by atoms with Crippen LogP contribution in [0.25, 0.3) is 0 Å². The van der Waals surface area contributed by atoms with Crippen LogP contribution in [-0.4, -0.2) is 19.0 Å². The van der Waals surface area contributed by atoms with Crippen molar-refractivity contribution in [3.05, 3.63) is 35.4 Å². The molecule has 0 radical (unpaired) electrons. The monoisotopic (exact) mass is 256 g/mol. The van der Waals surface area contributed by atoms with E-state index in [1.165, 1.54) is 6.07 Å². The molecule has 0 saturated heterocycles. The molecule has 0 saturated carbocycles. The van der Waals surface area contributed by atoms with E-state index in [1.807, 2.05) is 13.8 Å². The van der Waals surface area contributed by atoms with E-state index in [4.69, 9.17) is 0 Å². The van der Waals surface area contributed by atoms with Crippen LogP contribution >= 0.6 is 0 Å². The van der Waals surface area contributed by atoms with E-state index >= 15 is 0 Å². The Bertz CT molecular complexity index is 408. The Balaban J connectivity index is 2.28. The maximum Gasteiger partial charge on any atom is 0.233 e. The molecule has 1 rings (SSSR count). The largest absolute Gasteiger partial charge is 0.355 e. The first kappa shape index (κ1) is 14.6. The second-order valence-electron chi connectivity index (χ2n) is 4.55. The number of nitrogens with one attached hydrogen (secondary N) is 2. The molecular formula is C13H18F2N2O. The Kier molecular flexibility index (Phi) is 5.71. The number of hydrogen-bond donors (Lipinski definition) is 2. The van der Waals surface area contributed by atoms with Gasteiger partial charge in [-0.3, -0.25) is 4.79 Å². The second-order valence-corrected chi connectivity index (χ2v) is 4.55. The molecule has 5 heteroatoms. The molecule has 0 atom stereocenters. The molecule has 0 fully saturated rings. The fourth-order valence-electron chi connectivity index (χ4n) is 1.35. The molecule has 100 valence electrons. The lowest BCUT2D eigenvalue weighted by molar-refractivity contribution is -0.120. The van der Waals surface area contributed by atoms with Crippen molar-refractivity contribution in [3.63, 3.8) is 0 Å². The molecule has 0 heterocycles. The Morgan fingerprint density at radius 3 is 2.61 bits per heavy atom. The molecule has 0 aliphatic carbocycles. The van der Waals surface area contributed by atoms with E-state index in [-0.39, 0.29) is 12.5 Å². The predicted molar refractivity (Wildman–Crippen MR) is 65.9 cm³/mol. The number of amides is 1. The number of rotatable bonds is 6. The van der Waals surface area contributed by atoms with Gasteiger partial charge in [0.1, 0.15) is 0 Å². The topological polar surface area (TPSA) is 41.1 Å². The molecule has 0 unspecified atom stereocenters. The van der Waals surface area contributed by atoms with E-state index in [0.29, 0.717) is 24.6 Å². The number of carbonyl (C=O) groups is 1. The lowest BCUT2D eigenvalue weighted by Gasteiger charge is -2.08.